The highest BCUT2D eigenvalue weighted by Crippen LogP contribution is 2.31. The number of hydrogen-bond donors (Lipinski definition) is 3. The van der Waals surface area contributed by atoms with Crippen LogP contribution in [0.4, 0.5) is 22.1 Å². The summed E-state index contributed by atoms with van der Waals surface area (Å²) in [5.41, 5.74) is 2.41. The van der Waals surface area contributed by atoms with Crippen LogP contribution in [0.25, 0.3) is 11.1 Å². The van der Waals surface area contributed by atoms with Gasteiger partial charge in [0.2, 0.25) is 0 Å². The Morgan fingerprint density at radius 3 is 2.62 bits per heavy atom. The van der Waals surface area contributed by atoms with Gasteiger partial charge in [-0.1, -0.05) is 38.1 Å². The van der Waals surface area contributed by atoms with Crippen molar-refractivity contribution in [2.75, 3.05) is 29.1 Å². The van der Waals surface area contributed by atoms with Gasteiger partial charge in [-0.3, -0.25) is 5.32 Å². The van der Waals surface area contributed by atoms with Gasteiger partial charge < -0.3 is 19.9 Å². The van der Waals surface area contributed by atoms with Gasteiger partial charge in [-0.2, -0.15) is 0 Å². The number of carbonyl (C=O) groups is 1. The first-order valence-corrected chi connectivity index (χ1v) is 9.41. The van der Waals surface area contributed by atoms with Crippen LogP contribution in [0.1, 0.15) is 26.5 Å². The molecule has 0 radical (unpaired) electrons. The first kappa shape index (κ1) is 18.8. The van der Waals surface area contributed by atoms with Gasteiger partial charge in [-0.15, -0.1) is 0 Å². The summed E-state index contributed by atoms with van der Waals surface area (Å²) in [5.74, 6) is 2.59. The first-order valence-electron chi connectivity index (χ1n) is 9.41. The monoisotopic (exact) mass is 393 g/mol. The molecule has 8 nitrogen and oxygen atoms in total. The van der Waals surface area contributed by atoms with Crippen molar-refractivity contribution >= 4 is 23.4 Å². The van der Waals surface area contributed by atoms with Crippen molar-refractivity contribution in [2.24, 2.45) is 0 Å². The predicted octanol–water partition coefficient (Wildman–Crippen LogP) is 4.48. The maximum absolute atomic E-state index is 12.2. The fraction of sp³-hybridized carbons (Fsp3) is 0.286. The number of pyridine rings is 1. The van der Waals surface area contributed by atoms with E-state index in [4.69, 9.17) is 9.26 Å². The molecule has 3 N–H and O–H groups in total. The highest BCUT2D eigenvalue weighted by atomic mass is 16.5. The van der Waals surface area contributed by atoms with Crippen molar-refractivity contribution < 1.29 is 14.1 Å². The number of amides is 2. The van der Waals surface area contributed by atoms with Gasteiger partial charge in [0.05, 0.1) is 6.54 Å². The summed E-state index contributed by atoms with van der Waals surface area (Å²) in [6.07, 6.45) is 1.80. The standard InChI is InChI=1S/C21H23N5O3/c1-21(2,3)17-11-18(26-29-17)25-20(27)24-15-6-4-13(5-7-15)14-10-16-19(23-12-14)22-8-9-28-16/h4-7,10-12H,8-9H2,1-3H3,(H,22,23)(H2,24,25,26,27). The molecule has 8 heteroatoms. The molecule has 0 fully saturated rings. The third-order valence-electron chi connectivity index (χ3n) is 4.47. The Morgan fingerprint density at radius 2 is 1.90 bits per heavy atom. The van der Waals surface area contributed by atoms with Gasteiger partial charge in [-0.25, -0.2) is 9.78 Å². The van der Waals surface area contributed by atoms with Gasteiger partial charge in [0.15, 0.2) is 17.4 Å². The summed E-state index contributed by atoms with van der Waals surface area (Å²) < 4.78 is 10.9. The van der Waals surface area contributed by atoms with Crippen LogP contribution in [0.3, 0.4) is 0 Å². The maximum Gasteiger partial charge on any atom is 0.324 e. The van der Waals surface area contributed by atoms with E-state index < -0.39 is 0 Å². The van der Waals surface area contributed by atoms with E-state index in [2.05, 4.69) is 26.1 Å². The lowest BCUT2D eigenvalue weighted by atomic mass is 9.93. The van der Waals surface area contributed by atoms with Crippen LogP contribution in [-0.4, -0.2) is 29.3 Å². The van der Waals surface area contributed by atoms with Crippen molar-refractivity contribution in [3.05, 3.63) is 48.4 Å². The Kier molecular flexibility index (Phi) is 4.84. The average Bonchev–Trinajstić information content (AvgIpc) is 3.17. The topological polar surface area (TPSA) is 101 Å². The lowest BCUT2D eigenvalue weighted by Crippen LogP contribution is -2.19. The zero-order valence-electron chi connectivity index (χ0n) is 16.6. The van der Waals surface area contributed by atoms with Crippen LogP contribution in [0, 0.1) is 0 Å². The van der Waals surface area contributed by atoms with Crippen LogP contribution in [-0.2, 0) is 5.41 Å². The first-order chi connectivity index (χ1) is 13.9. The number of carbonyl (C=O) groups excluding carboxylic acids is 1. The molecular formula is C21H23N5O3. The van der Waals surface area contributed by atoms with Crippen LogP contribution in [0.2, 0.25) is 0 Å². The second kappa shape index (κ2) is 7.46. The Morgan fingerprint density at radius 1 is 1.10 bits per heavy atom. The van der Waals surface area contributed by atoms with Crippen molar-refractivity contribution in [1.29, 1.82) is 0 Å². The van der Waals surface area contributed by atoms with E-state index in [9.17, 15) is 4.79 Å². The second-order valence-electron chi connectivity index (χ2n) is 7.83. The van der Waals surface area contributed by atoms with Crippen molar-refractivity contribution in [2.45, 2.75) is 26.2 Å². The molecule has 150 valence electrons. The number of nitrogens with one attached hydrogen (secondary N) is 3. The molecular weight excluding hydrogens is 370 g/mol. The van der Waals surface area contributed by atoms with Crippen LogP contribution < -0.4 is 20.7 Å². The van der Waals surface area contributed by atoms with Gasteiger partial charge in [0.1, 0.15) is 12.4 Å². The average molecular weight is 393 g/mol. The molecule has 1 aliphatic heterocycles. The van der Waals surface area contributed by atoms with E-state index in [0.717, 1.165) is 29.2 Å². The third kappa shape index (κ3) is 4.31. The molecule has 0 unspecified atom stereocenters. The molecule has 2 aromatic heterocycles. The number of benzene rings is 1. The molecule has 0 spiro atoms. The second-order valence-corrected chi connectivity index (χ2v) is 7.83. The number of urea groups is 1. The highest BCUT2D eigenvalue weighted by molar-refractivity contribution is 5.99. The molecule has 3 heterocycles. The number of nitrogens with zero attached hydrogens (tertiary/aromatic N) is 2. The van der Waals surface area contributed by atoms with Crippen molar-refractivity contribution in [3.8, 4) is 16.9 Å². The third-order valence-corrected chi connectivity index (χ3v) is 4.47. The Balaban J connectivity index is 1.40. The molecule has 4 rings (SSSR count). The number of anilines is 3. The van der Waals surface area contributed by atoms with E-state index in [1.54, 1.807) is 12.3 Å². The minimum Gasteiger partial charge on any atom is -0.488 e. The minimum absolute atomic E-state index is 0.175. The molecule has 1 aromatic carbocycles. The molecule has 0 aliphatic carbocycles. The van der Waals surface area contributed by atoms with Crippen LogP contribution >= 0.6 is 0 Å². The van der Waals surface area contributed by atoms with E-state index >= 15 is 0 Å². The molecule has 0 saturated heterocycles. The summed E-state index contributed by atoms with van der Waals surface area (Å²) in [6, 6.07) is 10.8. The van der Waals surface area contributed by atoms with Gasteiger partial charge in [-0.05, 0) is 23.8 Å². The predicted molar refractivity (Wildman–Crippen MR) is 112 cm³/mol. The van der Waals surface area contributed by atoms with Crippen LogP contribution in [0.5, 0.6) is 5.75 Å². The molecule has 2 amide bonds. The van der Waals surface area contributed by atoms with Gasteiger partial charge in [0.25, 0.3) is 0 Å². The van der Waals surface area contributed by atoms with Crippen molar-refractivity contribution in [3.63, 3.8) is 0 Å². The van der Waals surface area contributed by atoms with Gasteiger partial charge >= 0.3 is 6.03 Å². The van der Waals surface area contributed by atoms with Gasteiger partial charge in [0, 0.05) is 28.9 Å². The van der Waals surface area contributed by atoms with E-state index in [1.165, 1.54) is 0 Å². The van der Waals surface area contributed by atoms with Crippen molar-refractivity contribution in [1.82, 2.24) is 10.1 Å². The molecule has 0 bridgehead atoms. The summed E-state index contributed by atoms with van der Waals surface area (Å²) in [7, 11) is 0. The molecule has 0 atom stereocenters. The largest absolute Gasteiger partial charge is 0.488 e. The van der Waals surface area contributed by atoms with E-state index in [0.29, 0.717) is 23.9 Å². The quantitative estimate of drug-likeness (QED) is 0.606. The smallest absolute Gasteiger partial charge is 0.324 e. The fourth-order valence-electron chi connectivity index (χ4n) is 2.89. The fourth-order valence-corrected chi connectivity index (χ4v) is 2.89. The summed E-state index contributed by atoms with van der Waals surface area (Å²) >= 11 is 0. The zero-order valence-corrected chi connectivity index (χ0v) is 16.6. The maximum atomic E-state index is 12.2. The number of hydrogen-bond acceptors (Lipinski definition) is 6. The molecule has 3 aromatic rings. The molecule has 29 heavy (non-hydrogen) atoms. The zero-order chi connectivity index (χ0) is 20.4. The van der Waals surface area contributed by atoms with E-state index in [1.807, 2.05) is 51.1 Å². The molecule has 1 aliphatic rings. The van der Waals surface area contributed by atoms with E-state index in [-0.39, 0.29) is 11.4 Å². The SMILES string of the molecule is CC(C)(C)c1cc(NC(=O)Nc2ccc(-c3cnc4c(c3)OCCN4)cc2)no1. The number of aromatic nitrogens is 2. The Labute approximate surface area is 168 Å². The number of fused-ring (bicyclic) bond motifs is 1. The van der Waals surface area contributed by atoms with Crippen LogP contribution in [0.15, 0.2) is 47.1 Å². The lowest BCUT2D eigenvalue weighted by molar-refractivity contribution is 0.262. The summed E-state index contributed by atoms with van der Waals surface area (Å²) in [4.78, 5) is 16.6. The Hall–Kier alpha value is -3.55. The number of rotatable bonds is 3. The highest BCUT2D eigenvalue weighted by Gasteiger charge is 2.20. The normalized spacial score (nSPS) is 13.1. The molecule has 0 saturated carbocycles. The minimum atomic E-state index is -0.388. The summed E-state index contributed by atoms with van der Waals surface area (Å²) in [6.45, 7) is 7.42. The Bertz CT molecular complexity index is 1020. The summed E-state index contributed by atoms with van der Waals surface area (Å²) in [5, 5.41) is 12.5. The lowest BCUT2D eigenvalue weighted by Gasteiger charge is -2.18. The number of ether oxygens (including phenoxy) is 1.